The number of hydrogen-bond acceptors (Lipinski definition) is 6. The Kier molecular flexibility index (Phi) is 5.78. The van der Waals surface area contributed by atoms with Crippen LogP contribution in [0, 0.1) is 4.77 Å². The van der Waals surface area contributed by atoms with Crippen LogP contribution in [0.1, 0.15) is 5.56 Å². The minimum Gasteiger partial charge on any atom is -0.496 e. The Labute approximate surface area is 166 Å². The van der Waals surface area contributed by atoms with Gasteiger partial charge in [0.15, 0.2) is 5.82 Å². The third kappa shape index (κ3) is 3.96. The van der Waals surface area contributed by atoms with E-state index >= 15 is 0 Å². The quantitative estimate of drug-likeness (QED) is 0.493. The summed E-state index contributed by atoms with van der Waals surface area (Å²) >= 11 is 11.3. The van der Waals surface area contributed by atoms with Gasteiger partial charge in [0, 0.05) is 22.7 Å². The van der Waals surface area contributed by atoms with Gasteiger partial charge < -0.3 is 14.2 Å². The summed E-state index contributed by atoms with van der Waals surface area (Å²) in [7, 11) is 4.70. The largest absolute Gasteiger partial charge is 0.496 e. The maximum atomic E-state index is 5.95. The van der Waals surface area contributed by atoms with Crippen LogP contribution in [-0.4, -0.2) is 42.4 Å². The van der Waals surface area contributed by atoms with E-state index in [0.29, 0.717) is 38.4 Å². The van der Waals surface area contributed by atoms with Gasteiger partial charge in [-0.05, 0) is 36.5 Å². The molecule has 3 rings (SSSR count). The fraction of sp³-hybridized carbons (Fsp3) is 0.167. The highest BCUT2D eigenvalue weighted by Crippen LogP contribution is 2.32. The number of benzene rings is 2. The first kappa shape index (κ1) is 18.9. The molecule has 1 aromatic heterocycles. The summed E-state index contributed by atoms with van der Waals surface area (Å²) in [6.45, 7) is 0. The molecule has 0 saturated heterocycles. The highest BCUT2D eigenvalue weighted by atomic mass is 35.5. The van der Waals surface area contributed by atoms with Crippen molar-refractivity contribution in [1.82, 2.24) is 14.9 Å². The molecule has 0 spiro atoms. The number of rotatable bonds is 6. The van der Waals surface area contributed by atoms with Crippen LogP contribution < -0.4 is 14.2 Å². The Bertz CT molecular complexity index is 1000. The lowest BCUT2D eigenvalue weighted by molar-refractivity contribution is 0.374. The first-order valence-electron chi connectivity index (χ1n) is 7.85. The molecule has 0 amide bonds. The number of hydrogen-bond donors (Lipinski definition) is 1. The van der Waals surface area contributed by atoms with Gasteiger partial charge in [0.05, 0.1) is 33.1 Å². The molecule has 0 saturated carbocycles. The average Bonchev–Trinajstić information content (AvgIpc) is 3.06. The molecule has 1 heterocycles. The molecular weight excluding hydrogens is 388 g/mol. The van der Waals surface area contributed by atoms with E-state index in [1.54, 1.807) is 51.8 Å². The third-order valence-corrected chi connectivity index (χ3v) is 4.32. The molecule has 27 heavy (non-hydrogen) atoms. The van der Waals surface area contributed by atoms with Crippen LogP contribution in [-0.2, 0) is 0 Å². The Balaban J connectivity index is 2.06. The van der Waals surface area contributed by atoms with Crippen molar-refractivity contribution in [3.05, 3.63) is 51.8 Å². The SMILES string of the molecule is COc1cc(OC)c(/C=N\n2c(-c3ccc(Cl)cc3)n[nH]c2=S)c(OC)c1. The number of aromatic nitrogens is 3. The van der Waals surface area contributed by atoms with Gasteiger partial charge in [-0.25, -0.2) is 5.10 Å². The summed E-state index contributed by atoms with van der Waals surface area (Å²) in [5, 5.41) is 12.1. The Morgan fingerprint density at radius 1 is 1.07 bits per heavy atom. The van der Waals surface area contributed by atoms with Crippen molar-refractivity contribution < 1.29 is 14.2 Å². The number of nitrogens with one attached hydrogen (secondary N) is 1. The van der Waals surface area contributed by atoms with Crippen LogP contribution in [0.15, 0.2) is 41.5 Å². The summed E-state index contributed by atoms with van der Waals surface area (Å²) in [5.41, 5.74) is 1.46. The van der Waals surface area contributed by atoms with Gasteiger partial charge in [-0.3, -0.25) is 0 Å². The monoisotopic (exact) mass is 404 g/mol. The fourth-order valence-electron chi connectivity index (χ4n) is 2.46. The highest BCUT2D eigenvalue weighted by Gasteiger charge is 2.13. The molecule has 0 fully saturated rings. The molecule has 3 aromatic rings. The molecular formula is C18H17ClN4O3S. The molecule has 0 atom stereocenters. The second-order valence-corrected chi connectivity index (χ2v) is 6.18. The van der Waals surface area contributed by atoms with Crippen LogP contribution >= 0.6 is 23.8 Å². The maximum absolute atomic E-state index is 5.95. The van der Waals surface area contributed by atoms with E-state index < -0.39 is 0 Å². The average molecular weight is 405 g/mol. The Morgan fingerprint density at radius 3 is 2.26 bits per heavy atom. The van der Waals surface area contributed by atoms with Gasteiger partial charge in [0.25, 0.3) is 0 Å². The normalized spacial score (nSPS) is 11.0. The molecule has 0 unspecified atom stereocenters. The molecule has 0 aliphatic heterocycles. The molecule has 7 nitrogen and oxygen atoms in total. The second-order valence-electron chi connectivity index (χ2n) is 5.36. The number of methoxy groups -OCH3 is 3. The lowest BCUT2D eigenvalue weighted by atomic mass is 10.2. The van der Waals surface area contributed by atoms with E-state index in [1.165, 1.54) is 4.68 Å². The summed E-state index contributed by atoms with van der Waals surface area (Å²) in [6.07, 6.45) is 1.60. The maximum Gasteiger partial charge on any atom is 0.216 e. The fourth-order valence-corrected chi connectivity index (χ4v) is 2.77. The molecule has 0 aliphatic carbocycles. The summed E-state index contributed by atoms with van der Waals surface area (Å²) in [6, 6.07) is 10.7. The lowest BCUT2D eigenvalue weighted by Crippen LogP contribution is -2.00. The summed E-state index contributed by atoms with van der Waals surface area (Å²) in [4.78, 5) is 0. The van der Waals surface area contributed by atoms with Crippen LogP contribution in [0.25, 0.3) is 11.4 Å². The van der Waals surface area contributed by atoms with Crippen molar-refractivity contribution in [2.24, 2.45) is 5.10 Å². The molecule has 1 N–H and O–H groups in total. The van der Waals surface area contributed by atoms with Crippen molar-refractivity contribution in [3.8, 4) is 28.6 Å². The van der Waals surface area contributed by atoms with Gasteiger partial charge in [-0.15, -0.1) is 0 Å². The number of halogens is 1. The zero-order valence-corrected chi connectivity index (χ0v) is 16.5. The summed E-state index contributed by atoms with van der Waals surface area (Å²) < 4.78 is 18.0. The van der Waals surface area contributed by atoms with E-state index in [1.807, 2.05) is 12.1 Å². The minimum absolute atomic E-state index is 0.350. The van der Waals surface area contributed by atoms with Gasteiger partial charge in [-0.1, -0.05) is 11.6 Å². The molecule has 2 aromatic carbocycles. The van der Waals surface area contributed by atoms with E-state index in [0.717, 1.165) is 5.56 Å². The van der Waals surface area contributed by atoms with E-state index in [9.17, 15) is 0 Å². The molecule has 0 bridgehead atoms. The van der Waals surface area contributed by atoms with Gasteiger partial charge in [0.1, 0.15) is 17.2 Å². The first-order chi connectivity index (χ1) is 13.1. The van der Waals surface area contributed by atoms with Gasteiger partial charge >= 0.3 is 0 Å². The topological polar surface area (TPSA) is 73.7 Å². The predicted octanol–water partition coefficient (Wildman–Crippen LogP) is 4.17. The first-order valence-corrected chi connectivity index (χ1v) is 8.63. The molecule has 0 aliphatic rings. The van der Waals surface area contributed by atoms with Crippen molar-refractivity contribution in [1.29, 1.82) is 0 Å². The van der Waals surface area contributed by atoms with Gasteiger partial charge in [-0.2, -0.15) is 14.9 Å². The summed E-state index contributed by atoms with van der Waals surface area (Å²) in [5.74, 6) is 2.28. The number of aromatic amines is 1. The zero-order chi connectivity index (χ0) is 19.4. The number of nitrogens with zero attached hydrogens (tertiary/aromatic N) is 3. The standard InChI is InChI=1S/C18H17ClN4O3S/c1-24-13-8-15(25-2)14(16(9-13)26-3)10-20-23-17(21-22-18(23)27)11-4-6-12(19)7-5-11/h4-10H,1-3H3,(H,22,27)/b20-10-. The third-order valence-electron chi connectivity index (χ3n) is 3.81. The lowest BCUT2D eigenvalue weighted by Gasteiger charge is -2.12. The van der Waals surface area contributed by atoms with E-state index in [4.69, 9.17) is 38.0 Å². The van der Waals surface area contributed by atoms with Crippen LogP contribution in [0.4, 0.5) is 0 Å². The van der Waals surface area contributed by atoms with E-state index in [-0.39, 0.29) is 0 Å². The molecule has 0 radical (unpaired) electrons. The zero-order valence-electron chi connectivity index (χ0n) is 14.9. The number of ether oxygens (including phenoxy) is 3. The van der Waals surface area contributed by atoms with Crippen LogP contribution in [0.3, 0.4) is 0 Å². The van der Waals surface area contributed by atoms with Crippen molar-refractivity contribution in [3.63, 3.8) is 0 Å². The molecule has 9 heteroatoms. The van der Waals surface area contributed by atoms with Crippen LogP contribution in [0.5, 0.6) is 17.2 Å². The number of H-pyrrole nitrogens is 1. The van der Waals surface area contributed by atoms with Crippen molar-refractivity contribution in [2.75, 3.05) is 21.3 Å². The highest BCUT2D eigenvalue weighted by molar-refractivity contribution is 7.71. The van der Waals surface area contributed by atoms with Crippen LogP contribution in [0.2, 0.25) is 5.02 Å². The second kappa shape index (κ2) is 8.24. The predicted molar refractivity (Wildman–Crippen MR) is 107 cm³/mol. The van der Waals surface area contributed by atoms with Crippen molar-refractivity contribution in [2.45, 2.75) is 0 Å². The smallest absolute Gasteiger partial charge is 0.216 e. The Hall–Kier alpha value is -2.84. The Morgan fingerprint density at radius 2 is 1.70 bits per heavy atom. The van der Waals surface area contributed by atoms with Gasteiger partial charge in [0.2, 0.25) is 4.77 Å². The van der Waals surface area contributed by atoms with E-state index in [2.05, 4.69) is 15.3 Å². The molecule has 140 valence electrons. The van der Waals surface area contributed by atoms with Crippen molar-refractivity contribution >= 4 is 30.0 Å². The minimum atomic E-state index is 0.350.